The number of unbranched alkanes of at least 4 members (excludes halogenated alkanes) is 1. The predicted octanol–water partition coefficient (Wildman–Crippen LogP) is 5.24. The summed E-state index contributed by atoms with van der Waals surface area (Å²) < 4.78 is 5.66. The van der Waals surface area contributed by atoms with E-state index in [4.69, 9.17) is 4.74 Å². The zero-order chi connectivity index (χ0) is 20.9. The van der Waals surface area contributed by atoms with Crippen LogP contribution in [0, 0.1) is 5.92 Å². The highest BCUT2D eigenvalue weighted by Crippen LogP contribution is 2.32. The average molecular weight is 404 g/mol. The molecule has 0 saturated heterocycles. The topological polar surface area (TPSA) is 66.5 Å². The number of fused-ring (bicyclic) bond motifs is 3. The second-order valence-corrected chi connectivity index (χ2v) is 8.16. The van der Waals surface area contributed by atoms with Crippen LogP contribution in [0.15, 0.2) is 47.6 Å². The number of aryl methyl sites for hydroxylation is 1. The molecule has 0 aliphatic heterocycles. The fourth-order valence-electron chi connectivity index (χ4n) is 3.95. The second kappa shape index (κ2) is 9.16. The molecule has 1 heterocycles. The van der Waals surface area contributed by atoms with Crippen molar-refractivity contribution >= 4 is 23.0 Å². The maximum atomic E-state index is 12.6. The van der Waals surface area contributed by atoms with Crippen molar-refractivity contribution in [2.45, 2.75) is 46.0 Å². The van der Waals surface area contributed by atoms with Crippen LogP contribution >= 0.6 is 0 Å². The van der Waals surface area contributed by atoms with E-state index >= 15 is 0 Å². The van der Waals surface area contributed by atoms with E-state index in [9.17, 15) is 4.79 Å². The van der Waals surface area contributed by atoms with Gasteiger partial charge in [0, 0.05) is 22.2 Å². The normalized spacial score (nSPS) is 16.0. The van der Waals surface area contributed by atoms with Crippen molar-refractivity contribution in [3.05, 3.63) is 64.8 Å². The largest absolute Gasteiger partial charge is 0.494 e. The highest BCUT2D eigenvalue weighted by molar-refractivity contribution is 5.99. The van der Waals surface area contributed by atoms with Gasteiger partial charge in [-0.25, -0.2) is 5.43 Å². The molecule has 2 aromatic carbocycles. The van der Waals surface area contributed by atoms with Crippen LogP contribution in [0.5, 0.6) is 5.75 Å². The molecule has 156 valence electrons. The summed E-state index contributed by atoms with van der Waals surface area (Å²) in [5.41, 5.74) is 7.96. The molecule has 1 aliphatic carbocycles. The Morgan fingerprint density at radius 3 is 2.90 bits per heavy atom. The molecule has 1 aliphatic rings. The summed E-state index contributed by atoms with van der Waals surface area (Å²) in [7, 11) is 0. The maximum absolute atomic E-state index is 12.6. The first-order valence-electron chi connectivity index (χ1n) is 10.8. The SMILES string of the molecule is CCCCOc1ccc(/C=N\NC(=O)c2ccc3[nH]c4c(c3c2)CC(C)CC4)cc1. The summed E-state index contributed by atoms with van der Waals surface area (Å²) in [5.74, 6) is 1.33. The smallest absolute Gasteiger partial charge is 0.271 e. The number of rotatable bonds is 7. The monoisotopic (exact) mass is 403 g/mol. The highest BCUT2D eigenvalue weighted by Gasteiger charge is 2.20. The number of ether oxygens (including phenoxy) is 1. The predicted molar refractivity (Wildman–Crippen MR) is 121 cm³/mol. The van der Waals surface area contributed by atoms with E-state index in [1.807, 2.05) is 42.5 Å². The van der Waals surface area contributed by atoms with Gasteiger partial charge in [-0.05, 0) is 85.2 Å². The number of hydrogen-bond donors (Lipinski definition) is 2. The lowest BCUT2D eigenvalue weighted by atomic mass is 9.87. The number of hydrazone groups is 1. The number of nitrogens with one attached hydrogen (secondary N) is 2. The number of aromatic amines is 1. The number of H-pyrrole nitrogens is 1. The molecule has 1 amide bonds. The van der Waals surface area contributed by atoms with Crippen molar-refractivity contribution in [1.82, 2.24) is 10.4 Å². The zero-order valence-electron chi connectivity index (χ0n) is 17.7. The van der Waals surface area contributed by atoms with Gasteiger partial charge in [-0.15, -0.1) is 0 Å². The van der Waals surface area contributed by atoms with Gasteiger partial charge in [-0.1, -0.05) is 20.3 Å². The molecule has 5 heteroatoms. The molecule has 4 rings (SSSR count). The third kappa shape index (κ3) is 4.56. The molecule has 3 aromatic rings. The van der Waals surface area contributed by atoms with Crippen molar-refractivity contribution in [3.8, 4) is 5.75 Å². The summed E-state index contributed by atoms with van der Waals surface area (Å²) in [4.78, 5) is 16.1. The van der Waals surface area contributed by atoms with Crippen LogP contribution in [0.25, 0.3) is 10.9 Å². The van der Waals surface area contributed by atoms with Gasteiger partial charge in [0.25, 0.3) is 5.91 Å². The minimum atomic E-state index is -0.202. The number of hydrogen-bond acceptors (Lipinski definition) is 3. The van der Waals surface area contributed by atoms with E-state index in [0.29, 0.717) is 11.5 Å². The van der Waals surface area contributed by atoms with Gasteiger partial charge in [0.05, 0.1) is 12.8 Å². The molecule has 0 saturated carbocycles. The van der Waals surface area contributed by atoms with E-state index in [-0.39, 0.29) is 5.91 Å². The Kier molecular flexibility index (Phi) is 6.17. The van der Waals surface area contributed by atoms with Gasteiger partial charge in [-0.3, -0.25) is 4.79 Å². The number of nitrogens with zero attached hydrogens (tertiary/aromatic N) is 1. The van der Waals surface area contributed by atoms with Crippen LogP contribution in [0.3, 0.4) is 0 Å². The molecule has 30 heavy (non-hydrogen) atoms. The first-order chi connectivity index (χ1) is 14.6. The Labute approximate surface area is 177 Å². The number of carbonyl (C=O) groups excluding carboxylic acids is 1. The van der Waals surface area contributed by atoms with Gasteiger partial charge in [0.15, 0.2) is 0 Å². The van der Waals surface area contributed by atoms with E-state index < -0.39 is 0 Å². The number of amides is 1. The van der Waals surface area contributed by atoms with Crippen molar-refractivity contribution < 1.29 is 9.53 Å². The molecule has 0 fully saturated rings. The van der Waals surface area contributed by atoms with Gasteiger partial charge < -0.3 is 9.72 Å². The Morgan fingerprint density at radius 2 is 2.10 bits per heavy atom. The quantitative estimate of drug-likeness (QED) is 0.322. The molecular formula is C25H29N3O2. The molecule has 5 nitrogen and oxygen atoms in total. The first-order valence-corrected chi connectivity index (χ1v) is 10.8. The molecule has 0 radical (unpaired) electrons. The van der Waals surface area contributed by atoms with E-state index in [1.165, 1.54) is 17.7 Å². The number of aromatic nitrogens is 1. The summed E-state index contributed by atoms with van der Waals surface area (Å²) in [6.45, 7) is 5.16. The molecule has 2 N–H and O–H groups in total. The minimum absolute atomic E-state index is 0.202. The lowest BCUT2D eigenvalue weighted by Crippen LogP contribution is -2.17. The average Bonchev–Trinajstić information content (AvgIpc) is 3.12. The van der Waals surface area contributed by atoms with Crippen LogP contribution in [0.2, 0.25) is 0 Å². The summed E-state index contributed by atoms with van der Waals surface area (Å²) in [5, 5.41) is 5.28. The van der Waals surface area contributed by atoms with E-state index in [1.54, 1.807) is 6.21 Å². The number of carbonyl (C=O) groups is 1. The van der Waals surface area contributed by atoms with E-state index in [2.05, 4.69) is 29.4 Å². The summed E-state index contributed by atoms with van der Waals surface area (Å²) in [6.07, 6.45) is 7.17. The fraction of sp³-hybridized carbons (Fsp3) is 0.360. The lowest BCUT2D eigenvalue weighted by Gasteiger charge is -2.18. The Balaban J connectivity index is 1.40. The Morgan fingerprint density at radius 1 is 1.27 bits per heavy atom. The standard InChI is InChI=1S/C25H29N3O2/c1-3-4-13-30-20-9-6-18(7-10-20)16-26-28-25(29)19-8-12-24-22(15-19)21-14-17(2)5-11-23(21)27-24/h6-10,12,15-17,27H,3-5,11,13-14H2,1-2H3,(H,28,29)/b26-16-. The highest BCUT2D eigenvalue weighted by atomic mass is 16.5. The summed E-state index contributed by atoms with van der Waals surface area (Å²) in [6, 6.07) is 13.5. The van der Waals surface area contributed by atoms with Crippen LogP contribution in [-0.2, 0) is 12.8 Å². The van der Waals surface area contributed by atoms with Crippen LogP contribution < -0.4 is 10.2 Å². The molecule has 1 aromatic heterocycles. The van der Waals surface area contributed by atoms with Crippen molar-refractivity contribution in [2.24, 2.45) is 11.0 Å². The number of benzene rings is 2. The molecule has 1 unspecified atom stereocenters. The van der Waals surface area contributed by atoms with Crippen LogP contribution in [0.4, 0.5) is 0 Å². The molecular weight excluding hydrogens is 374 g/mol. The van der Waals surface area contributed by atoms with Gasteiger partial charge in [-0.2, -0.15) is 5.10 Å². The molecule has 1 atom stereocenters. The van der Waals surface area contributed by atoms with Gasteiger partial charge in [0.2, 0.25) is 0 Å². The van der Waals surface area contributed by atoms with Gasteiger partial charge >= 0.3 is 0 Å². The Bertz CT molecular complexity index is 1050. The third-order valence-electron chi connectivity index (χ3n) is 5.72. The summed E-state index contributed by atoms with van der Waals surface area (Å²) >= 11 is 0. The maximum Gasteiger partial charge on any atom is 0.271 e. The Hall–Kier alpha value is -3.08. The van der Waals surface area contributed by atoms with Crippen molar-refractivity contribution in [2.75, 3.05) is 6.61 Å². The van der Waals surface area contributed by atoms with Crippen LogP contribution in [-0.4, -0.2) is 23.7 Å². The van der Waals surface area contributed by atoms with Gasteiger partial charge in [0.1, 0.15) is 5.75 Å². The molecule has 0 bridgehead atoms. The van der Waals surface area contributed by atoms with E-state index in [0.717, 1.165) is 54.5 Å². The zero-order valence-corrected chi connectivity index (χ0v) is 17.7. The molecule has 0 spiro atoms. The lowest BCUT2D eigenvalue weighted by molar-refractivity contribution is 0.0955. The van der Waals surface area contributed by atoms with Crippen molar-refractivity contribution in [1.29, 1.82) is 0 Å². The third-order valence-corrected chi connectivity index (χ3v) is 5.72. The van der Waals surface area contributed by atoms with Crippen molar-refractivity contribution in [3.63, 3.8) is 0 Å². The fourth-order valence-corrected chi connectivity index (χ4v) is 3.95. The minimum Gasteiger partial charge on any atom is -0.494 e. The van der Waals surface area contributed by atoms with Crippen LogP contribution in [0.1, 0.15) is 60.3 Å². The second-order valence-electron chi connectivity index (χ2n) is 8.16. The first kappa shape index (κ1) is 20.2.